The van der Waals surface area contributed by atoms with Gasteiger partial charge in [-0.2, -0.15) is 0 Å². The molecule has 1 aromatic carbocycles. The summed E-state index contributed by atoms with van der Waals surface area (Å²) in [6, 6.07) is 6.05. The second kappa shape index (κ2) is 10.0. The van der Waals surface area contributed by atoms with Gasteiger partial charge >= 0.3 is 17.9 Å². The van der Waals surface area contributed by atoms with Crippen molar-refractivity contribution in [3.8, 4) is 11.3 Å². The van der Waals surface area contributed by atoms with Crippen molar-refractivity contribution in [3.05, 3.63) is 47.0 Å². The van der Waals surface area contributed by atoms with Crippen LogP contribution in [0.5, 0.6) is 0 Å². The van der Waals surface area contributed by atoms with Crippen molar-refractivity contribution in [2.75, 3.05) is 6.61 Å². The van der Waals surface area contributed by atoms with Crippen LogP contribution in [0.1, 0.15) is 27.0 Å². The Labute approximate surface area is 203 Å². The van der Waals surface area contributed by atoms with Gasteiger partial charge in [0, 0.05) is 26.8 Å². The fourth-order valence-electron chi connectivity index (χ4n) is 3.99. The first-order chi connectivity index (χ1) is 17.2. The third-order valence-electron chi connectivity index (χ3n) is 5.33. The molecule has 36 heavy (non-hydrogen) atoms. The minimum Gasteiger partial charge on any atom is -0.463 e. The van der Waals surface area contributed by atoms with E-state index < -0.39 is 47.4 Å². The van der Waals surface area contributed by atoms with Crippen molar-refractivity contribution in [3.63, 3.8) is 0 Å². The van der Waals surface area contributed by atoms with E-state index in [-0.39, 0.29) is 34.7 Å². The largest absolute Gasteiger partial charge is 0.463 e. The van der Waals surface area contributed by atoms with E-state index in [2.05, 4.69) is 15.0 Å². The van der Waals surface area contributed by atoms with Crippen molar-refractivity contribution in [1.29, 1.82) is 0 Å². The Morgan fingerprint density at radius 1 is 1.03 bits per heavy atom. The number of nitro groups is 1. The van der Waals surface area contributed by atoms with E-state index in [1.165, 1.54) is 50.1 Å². The van der Waals surface area contributed by atoms with Crippen LogP contribution in [0.15, 0.2) is 36.9 Å². The lowest BCUT2D eigenvalue weighted by Crippen LogP contribution is -2.40. The first kappa shape index (κ1) is 24.7. The van der Waals surface area contributed by atoms with E-state index in [0.29, 0.717) is 0 Å². The summed E-state index contributed by atoms with van der Waals surface area (Å²) >= 11 is 0. The summed E-state index contributed by atoms with van der Waals surface area (Å²) in [7, 11) is 0. The van der Waals surface area contributed by atoms with Crippen molar-refractivity contribution < 1.29 is 38.3 Å². The first-order valence-electron chi connectivity index (χ1n) is 10.7. The SMILES string of the molecule is CC(=O)OC[C@@H]1OC(n2cnc3c(-c4ccccc4[N+](=O)[O-])ncnc32)[C@@H](OC(C)=O)[C@@H]1OC(C)=O. The number of nitrogens with zero attached hydrogens (tertiary/aromatic N) is 5. The molecule has 1 unspecified atom stereocenters. The van der Waals surface area contributed by atoms with Crippen molar-refractivity contribution >= 4 is 34.8 Å². The van der Waals surface area contributed by atoms with Crippen LogP contribution in [0.3, 0.4) is 0 Å². The highest BCUT2D eigenvalue weighted by Crippen LogP contribution is 2.38. The van der Waals surface area contributed by atoms with E-state index >= 15 is 0 Å². The Morgan fingerprint density at radius 3 is 2.39 bits per heavy atom. The monoisotopic (exact) mass is 499 g/mol. The lowest BCUT2D eigenvalue weighted by atomic mass is 10.1. The summed E-state index contributed by atoms with van der Waals surface area (Å²) in [6.45, 7) is 3.30. The van der Waals surface area contributed by atoms with Crippen molar-refractivity contribution in [2.45, 2.75) is 45.3 Å². The Balaban J connectivity index is 1.80. The minimum atomic E-state index is -1.14. The average Bonchev–Trinajstić information content (AvgIpc) is 3.38. The molecular weight excluding hydrogens is 478 g/mol. The Hall–Kier alpha value is -4.46. The van der Waals surface area contributed by atoms with Gasteiger partial charge in [0.25, 0.3) is 5.69 Å². The van der Waals surface area contributed by atoms with Gasteiger partial charge in [-0.3, -0.25) is 29.1 Å². The number of hydrogen-bond acceptors (Lipinski definition) is 12. The summed E-state index contributed by atoms with van der Waals surface area (Å²) in [5.74, 6) is -1.91. The van der Waals surface area contributed by atoms with Crippen LogP contribution >= 0.6 is 0 Å². The highest BCUT2D eigenvalue weighted by atomic mass is 16.7. The van der Waals surface area contributed by atoms with E-state index in [1.807, 2.05) is 0 Å². The van der Waals surface area contributed by atoms with Crippen LogP contribution in [0, 0.1) is 10.1 Å². The van der Waals surface area contributed by atoms with Crippen LogP contribution in [-0.4, -0.2) is 67.3 Å². The van der Waals surface area contributed by atoms with Gasteiger partial charge in [0.2, 0.25) is 0 Å². The molecule has 3 heterocycles. The third kappa shape index (κ3) is 4.84. The lowest BCUT2D eigenvalue weighted by Gasteiger charge is -2.23. The maximum atomic E-state index is 11.9. The molecule has 0 saturated carbocycles. The summed E-state index contributed by atoms with van der Waals surface area (Å²) in [5, 5.41) is 11.6. The van der Waals surface area contributed by atoms with E-state index in [1.54, 1.807) is 12.1 Å². The number of nitro benzene ring substituents is 1. The molecule has 188 valence electrons. The normalized spacial score (nSPS) is 21.2. The van der Waals surface area contributed by atoms with Gasteiger partial charge in [-0.1, -0.05) is 12.1 Å². The van der Waals surface area contributed by atoms with Gasteiger partial charge in [0.05, 0.1) is 16.8 Å². The van der Waals surface area contributed by atoms with E-state index in [0.717, 1.165) is 0 Å². The maximum absolute atomic E-state index is 11.9. The van der Waals surface area contributed by atoms with Gasteiger partial charge in [-0.15, -0.1) is 0 Å². The number of aromatic nitrogens is 4. The van der Waals surface area contributed by atoms with Crippen LogP contribution in [0.4, 0.5) is 5.69 Å². The zero-order valence-corrected chi connectivity index (χ0v) is 19.4. The third-order valence-corrected chi connectivity index (χ3v) is 5.33. The van der Waals surface area contributed by atoms with Gasteiger partial charge in [0.1, 0.15) is 30.2 Å². The zero-order chi connectivity index (χ0) is 26.0. The molecule has 14 nitrogen and oxygen atoms in total. The maximum Gasteiger partial charge on any atom is 0.303 e. The highest BCUT2D eigenvalue weighted by Gasteiger charge is 2.51. The topological polar surface area (TPSA) is 175 Å². The molecule has 0 bridgehead atoms. The number of ether oxygens (including phenoxy) is 4. The second-order valence-electron chi connectivity index (χ2n) is 7.84. The Morgan fingerprint density at radius 2 is 1.72 bits per heavy atom. The van der Waals surface area contributed by atoms with Gasteiger partial charge < -0.3 is 18.9 Å². The summed E-state index contributed by atoms with van der Waals surface area (Å²) in [5.41, 5.74) is 0.716. The minimum absolute atomic E-state index is 0.168. The number of carbonyl (C=O) groups is 3. The fourth-order valence-corrected chi connectivity index (χ4v) is 3.99. The number of hydrogen-bond donors (Lipinski definition) is 0. The number of imidazole rings is 1. The standard InChI is InChI=1S/C22H21N5O9/c1-11(28)33-8-16-19(34-12(2)29)20(35-13(3)30)22(36-16)26-10-25-18-17(23-9-24-21(18)26)14-6-4-5-7-15(14)27(31)32/h4-7,9-10,16,19-20,22H,8H2,1-3H3/t16-,19+,20-,22?/m0/s1. The Kier molecular flexibility index (Phi) is 6.87. The molecule has 0 amide bonds. The molecule has 0 radical (unpaired) electrons. The number of carbonyl (C=O) groups excluding carboxylic acids is 3. The van der Waals surface area contributed by atoms with Gasteiger partial charge in [-0.25, -0.2) is 15.0 Å². The van der Waals surface area contributed by atoms with E-state index in [4.69, 9.17) is 18.9 Å². The summed E-state index contributed by atoms with van der Waals surface area (Å²) in [4.78, 5) is 58.9. The van der Waals surface area contributed by atoms with Crippen LogP contribution < -0.4 is 0 Å². The Bertz CT molecular complexity index is 1340. The predicted octanol–water partition coefficient (Wildman–Crippen LogP) is 1.73. The average molecular weight is 499 g/mol. The molecule has 1 saturated heterocycles. The molecule has 0 spiro atoms. The molecule has 2 aromatic heterocycles. The second-order valence-corrected chi connectivity index (χ2v) is 7.84. The highest BCUT2D eigenvalue weighted by molar-refractivity contribution is 5.90. The van der Waals surface area contributed by atoms with Crippen LogP contribution in [0.2, 0.25) is 0 Å². The fraction of sp³-hybridized carbons (Fsp3) is 0.364. The number of fused-ring (bicyclic) bond motifs is 1. The molecule has 1 aliphatic rings. The molecule has 0 aliphatic carbocycles. The number of para-hydroxylation sites is 1. The molecule has 1 fully saturated rings. The molecule has 1 aliphatic heterocycles. The quantitative estimate of drug-likeness (QED) is 0.199. The molecule has 4 rings (SSSR count). The van der Waals surface area contributed by atoms with Crippen LogP contribution in [0.25, 0.3) is 22.4 Å². The van der Waals surface area contributed by atoms with E-state index in [9.17, 15) is 24.5 Å². The van der Waals surface area contributed by atoms with Crippen LogP contribution in [-0.2, 0) is 33.3 Å². The first-order valence-corrected chi connectivity index (χ1v) is 10.7. The molecule has 14 heteroatoms. The molecule has 0 N–H and O–H groups in total. The molecule has 4 atom stereocenters. The van der Waals surface area contributed by atoms with Gasteiger partial charge in [0.15, 0.2) is 24.1 Å². The summed E-state index contributed by atoms with van der Waals surface area (Å²) < 4.78 is 23.3. The number of rotatable bonds is 7. The number of esters is 3. The predicted molar refractivity (Wildman–Crippen MR) is 119 cm³/mol. The summed E-state index contributed by atoms with van der Waals surface area (Å²) in [6.07, 6.45) is -1.75. The van der Waals surface area contributed by atoms with Gasteiger partial charge in [-0.05, 0) is 6.07 Å². The molecule has 3 aromatic rings. The smallest absolute Gasteiger partial charge is 0.303 e. The lowest BCUT2D eigenvalue weighted by molar-refractivity contribution is -0.384. The van der Waals surface area contributed by atoms with Crippen molar-refractivity contribution in [2.24, 2.45) is 0 Å². The molecular formula is C22H21N5O9. The van der Waals surface area contributed by atoms with Crippen molar-refractivity contribution in [1.82, 2.24) is 19.5 Å². The zero-order valence-electron chi connectivity index (χ0n) is 19.4. The number of benzene rings is 1.